The largest absolute Gasteiger partial charge is 0.467 e. The van der Waals surface area contributed by atoms with Crippen molar-refractivity contribution in [3.63, 3.8) is 0 Å². The smallest absolute Gasteiger partial charge is 0.249 e. The van der Waals surface area contributed by atoms with Gasteiger partial charge in [0.1, 0.15) is 66.8 Å². The lowest BCUT2D eigenvalue weighted by molar-refractivity contribution is -0.282. The summed E-state index contributed by atoms with van der Waals surface area (Å²) in [5.74, 6) is -0.779. The first-order valence-electron chi connectivity index (χ1n) is 16.4. The second-order valence-electron chi connectivity index (χ2n) is 12.8. The van der Waals surface area contributed by atoms with E-state index in [9.17, 15) is 35.4 Å². The summed E-state index contributed by atoms with van der Waals surface area (Å²) in [6, 6.07) is -4.00. The second kappa shape index (κ2) is 17.9. The molecule has 21 N–H and O–H groups in total. The Morgan fingerprint density at radius 3 is 2.22 bits per heavy atom. The Balaban J connectivity index is 1.53. The van der Waals surface area contributed by atoms with Gasteiger partial charge < -0.3 is 104 Å². The fraction of sp³-hybridized carbons (Fsp3) is 0.857. The molecule has 0 bridgehead atoms. The molecule has 2 saturated heterocycles. The Morgan fingerprint density at radius 1 is 0.920 bits per heavy atom. The highest BCUT2D eigenvalue weighted by Crippen LogP contribution is 2.34. The van der Waals surface area contributed by atoms with Crippen molar-refractivity contribution in [1.82, 2.24) is 10.6 Å². The highest BCUT2D eigenvalue weighted by Gasteiger charge is 2.54. The van der Waals surface area contributed by atoms with Gasteiger partial charge in [0.05, 0.1) is 31.3 Å². The maximum absolute atomic E-state index is 12.9. The topological polar surface area (TPSA) is 398 Å². The van der Waals surface area contributed by atoms with Crippen LogP contribution in [0.1, 0.15) is 19.3 Å². The number of amides is 1. The molecule has 0 aromatic rings. The van der Waals surface area contributed by atoms with Crippen LogP contribution in [0.25, 0.3) is 0 Å². The molecule has 22 nitrogen and oxygen atoms in total. The van der Waals surface area contributed by atoms with Crippen molar-refractivity contribution >= 4 is 11.9 Å². The summed E-state index contributed by atoms with van der Waals surface area (Å²) in [6.07, 6.45) is -16.1. The van der Waals surface area contributed by atoms with E-state index in [1.54, 1.807) is 6.08 Å². The van der Waals surface area contributed by atoms with E-state index in [4.69, 9.17) is 68.2 Å². The van der Waals surface area contributed by atoms with E-state index in [2.05, 4.69) is 10.6 Å². The van der Waals surface area contributed by atoms with Crippen LogP contribution in [0.4, 0.5) is 0 Å². The molecular formula is C28H53N9O13. The number of nitrogens with two attached hydrogens (primary N) is 6. The first kappa shape index (κ1) is 40.4. The monoisotopic (exact) mass is 723 g/mol. The predicted molar refractivity (Wildman–Crippen MR) is 170 cm³/mol. The molecule has 3 heterocycles. The summed E-state index contributed by atoms with van der Waals surface area (Å²) in [6.45, 7) is -0.789. The Bertz CT molecular complexity index is 1160. The van der Waals surface area contributed by atoms with Gasteiger partial charge in [-0.1, -0.05) is 0 Å². The number of carbonyl (C=O) groups excluding carboxylic acids is 1. The second-order valence-corrected chi connectivity index (χ2v) is 12.8. The van der Waals surface area contributed by atoms with Gasteiger partial charge in [0, 0.05) is 19.1 Å². The summed E-state index contributed by atoms with van der Waals surface area (Å²) >= 11 is 0. The minimum absolute atomic E-state index is 0.0224. The van der Waals surface area contributed by atoms with Crippen LogP contribution in [0.15, 0.2) is 11.8 Å². The van der Waals surface area contributed by atoms with Crippen molar-refractivity contribution in [3.05, 3.63) is 11.8 Å². The SMILES string of the molecule is N=C(N)NCC[C@H](O)C(=O)N[C@@H]1C[C@H](N)[C@@H](O[C@H]2OC(CN)=CC[C@H]2N)[C@H](O[C@@H]2O[C@H](CO)[C@@H](O[C@H]3O[C@@H](CN)[C@@H](O)[C@H](O)[C@H]3N)[C@H]2O)[C@H]1O. The van der Waals surface area contributed by atoms with Crippen LogP contribution >= 0.6 is 0 Å². The lowest BCUT2D eigenvalue weighted by Gasteiger charge is -2.46. The molecule has 1 aliphatic carbocycles. The molecule has 0 spiro atoms. The third-order valence-electron chi connectivity index (χ3n) is 9.15. The molecule has 4 rings (SSSR count). The van der Waals surface area contributed by atoms with Gasteiger partial charge in [-0.2, -0.15) is 0 Å². The molecule has 0 aromatic heterocycles. The molecule has 17 atom stereocenters. The summed E-state index contributed by atoms with van der Waals surface area (Å²) in [5.41, 5.74) is 35.4. The first-order valence-corrected chi connectivity index (χ1v) is 16.4. The zero-order chi connectivity index (χ0) is 36.9. The van der Waals surface area contributed by atoms with Crippen LogP contribution in [0.3, 0.4) is 0 Å². The lowest BCUT2D eigenvalue weighted by Crippen LogP contribution is -2.67. The molecule has 0 unspecified atom stereocenters. The van der Waals surface area contributed by atoms with E-state index in [-0.39, 0.29) is 38.4 Å². The number of hydrogen-bond acceptors (Lipinski definition) is 19. The normalized spacial score (nSPS) is 42.7. The van der Waals surface area contributed by atoms with Gasteiger partial charge in [0.25, 0.3) is 0 Å². The molecule has 4 aliphatic rings. The number of aliphatic hydroxyl groups is 6. The molecule has 288 valence electrons. The Labute approximate surface area is 287 Å². The van der Waals surface area contributed by atoms with Crippen LogP contribution in [0, 0.1) is 5.41 Å². The van der Waals surface area contributed by atoms with E-state index >= 15 is 0 Å². The highest BCUT2D eigenvalue weighted by atomic mass is 16.8. The van der Waals surface area contributed by atoms with E-state index in [0.717, 1.165) is 0 Å². The van der Waals surface area contributed by atoms with E-state index in [1.165, 1.54) is 0 Å². The summed E-state index contributed by atoms with van der Waals surface area (Å²) in [5, 5.41) is 76.3. The number of rotatable bonds is 14. The molecule has 1 saturated carbocycles. The zero-order valence-electron chi connectivity index (χ0n) is 27.3. The molecule has 3 fully saturated rings. The fourth-order valence-corrected chi connectivity index (χ4v) is 6.26. The molecule has 22 heteroatoms. The lowest BCUT2D eigenvalue weighted by atomic mass is 9.83. The molecule has 0 radical (unpaired) electrons. The summed E-state index contributed by atoms with van der Waals surface area (Å²) < 4.78 is 35.3. The standard InChI is InChI=1S/C28H53N9O13/c29-6-9-1-2-10(31)25(45-9)48-21-11(32)5-12(37-24(44)13(39)3-4-36-28(34)35)17(40)23(21)50-27-20(43)22(15(8-38)47-27)49-26-16(33)19(42)18(41)14(7-30)46-26/h1,10-23,25-27,38-43H,2-8,29-33H2,(H,37,44)(H4,34,35,36)/t10-,11+,12-,13+,14+,15-,16-,17+,18-,19-,20-,21-,22-,23-,25-,26-,27+/m1/s1. The van der Waals surface area contributed by atoms with Crippen molar-refractivity contribution in [2.24, 2.45) is 34.4 Å². The number of hydrogen-bond donors (Lipinski definition) is 15. The fourth-order valence-electron chi connectivity index (χ4n) is 6.26. The zero-order valence-corrected chi connectivity index (χ0v) is 27.3. The Morgan fingerprint density at radius 2 is 1.58 bits per heavy atom. The van der Waals surface area contributed by atoms with E-state index < -0.39 is 117 Å². The average Bonchev–Trinajstić information content (AvgIpc) is 3.38. The van der Waals surface area contributed by atoms with Crippen molar-refractivity contribution in [2.75, 3.05) is 26.2 Å². The number of carbonyl (C=O) groups is 1. The molecule has 50 heavy (non-hydrogen) atoms. The molecule has 3 aliphatic heterocycles. The van der Waals surface area contributed by atoms with Gasteiger partial charge in [-0.3, -0.25) is 10.2 Å². The van der Waals surface area contributed by atoms with Gasteiger partial charge in [0.2, 0.25) is 12.2 Å². The Kier molecular flexibility index (Phi) is 14.5. The van der Waals surface area contributed by atoms with Gasteiger partial charge in [-0.15, -0.1) is 0 Å². The first-order chi connectivity index (χ1) is 23.7. The van der Waals surface area contributed by atoms with Crippen LogP contribution in [0.5, 0.6) is 0 Å². The number of aliphatic hydroxyl groups excluding tert-OH is 6. The minimum Gasteiger partial charge on any atom is -0.467 e. The van der Waals surface area contributed by atoms with E-state index in [0.29, 0.717) is 12.2 Å². The summed E-state index contributed by atoms with van der Waals surface area (Å²) in [7, 11) is 0. The van der Waals surface area contributed by atoms with Gasteiger partial charge in [0.15, 0.2) is 18.5 Å². The van der Waals surface area contributed by atoms with Gasteiger partial charge in [-0.05, 0) is 25.3 Å². The molecule has 0 aromatic carbocycles. The third-order valence-corrected chi connectivity index (χ3v) is 9.15. The van der Waals surface area contributed by atoms with Crippen molar-refractivity contribution in [1.29, 1.82) is 5.41 Å². The predicted octanol–water partition coefficient (Wildman–Crippen LogP) is -8.32. The van der Waals surface area contributed by atoms with E-state index in [1.807, 2.05) is 0 Å². The van der Waals surface area contributed by atoms with Crippen LogP contribution in [0.2, 0.25) is 0 Å². The number of ether oxygens (including phenoxy) is 6. The highest BCUT2D eigenvalue weighted by molar-refractivity contribution is 5.81. The quantitative estimate of drug-likeness (QED) is 0.0584. The van der Waals surface area contributed by atoms with Crippen molar-refractivity contribution in [2.45, 2.75) is 123 Å². The maximum Gasteiger partial charge on any atom is 0.249 e. The molecule has 1 amide bonds. The van der Waals surface area contributed by atoms with Crippen LogP contribution < -0.4 is 45.0 Å². The minimum atomic E-state index is -1.67. The van der Waals surface area contributed by atoms with Crippen LogP contribution in [-0.4, -0.2) is 173 Å². The van der Waals surface area contributed by atoms with Crippen molar-refractivity contribution < 1.29 is 63.9 Å². The van der Waals surface area contributed by atoms with Gasteiger partial charge >= 0.3 is 0 Å². The van der Waals surface area contributed by atoms with Crippen LogP contribution in [-0.2, 0) is 33.2 Å². The molecular weight excluding hydrogens is 670 g/mol. The third kappa shape index (κ3) is 9.35. The number of guanidine groups is 1. The van der Waals surface area contributed by atoms with Crippen molar-refractivity contribution in [3.8, 4) is 0 Å². The maximum atomic E-state index is 12.9. The number of nitrogens with one attached hydrogen (secondary N) is 3. The average molecular weight is 724 g/mol. The summed E-state index contributed by atoms with van der Waals surface area (Å²) in [4.78, 5) is 12.9. The Hall–Kier alpha value is -2.36. The van der Waals surface area contributed by atoms with Gasteiger partial charge in [-0.25, -0.2) is 0 Å².